The van der Waals surface area contributed by atoms with E-state index < -0.39 is 0 Å². The lowest BCUT2D eigenvalue weighted by Gasteiger charge is -2.11. The van der Waals surface area contributed by atoms with Gasteiger partial charge in [0.1, 0.15) is 33.7 Å². The topological polar surface area (TPSA) is 69.7 Å². The fourth-order valence-electron chi connectivity index (χ4n) is 2.59. The van der Waals surface area contributed by atoms with E-state index in [4.69, 9.17) is 14.2 Å². The van der Waals surface area contributed by atoms with Crippen molar-refractivity contribution in [1.29, 1.82) is 0 Å². The molecule has 1 heterocycles. The fraction of sp³-hybridized carbons (Fsp3) is 0.238. The zero-order valence-corrected chi connectivity index (χ0v) is 17.1. The number of amides is 1. The summed E-state index contributed by atoms with van der Waals surface area (Å²) in [6, 6.07) is 13.0. The molecule has 3 rings (SSSR count). The van der Waals surface area contributed by atoms with Gasteiger partial charge in [0, 0.05) is 6.07 Å². The van der Waals surface area contributed by atoms with Crippen LogP contribution >= 0.6 is 11.3 Å². The average Bonchev–Trinajstić information content (AvgIpc) is 3.08. The van der Waals surface area contributed by atoms with Crippen LogP contribution in [-0.4, -0.2) is 25.1 Å². The van der Waals surface area contributed by atoms with Crippen LogP contribution in [-0.2, 0) is 6.61 Å². The lowest BCUT2D eigenvalue weighted by atomic mass is 10.2. The molecular formula is C21H22N2O4S. The van der Waals surface area contributed by atoms with Crippen molar-refractivity contribution >= 4 is 22.9 Å². The molecular weight excluding hydrogens is 376 g/mol. The molecule has 28 heavy (non-hydrogen) atoms. The molecule has 0 spiro atoms. The SMILES string of the molecule is COc1ccc(NC(=O)c2sc(COc3ccc(C)cc3)nc2C)c(OC)c1. The second-order valence-electron chi connectivity index (χ2n) is 6.14. The minimum atomic E-state index is -0.236. The van der Waals surface area contributed by atoms with Crippen LogP contribution in [0.4, 0.5) is 5.69 Å². The predicted molar refractivity (Wildman–Crippen MR) is 110 cm³/mol. The Bertz CT molecular complexity index is 967. The molecule has 0 aliphatic rings. The van der Waals surface area contributed by atoms with Crippen molar-refractivity contribution in [2.24, 2.45) is 0 Å². The van der Waals surface area contributed by atoms with Gasteiger partial charge in [-0.15, -0.1) is 11.3 Å². The summed E-state index contributed by atoms with van der Waals surface area (Å²) in [6.07, 6.45) is 0. The number of nitrogens with one attached hydrogen (secondary N) is 1. The first kappa shape index (κ1) is 19.7. The third-order valence-corrected chi connectivity index (χ3v) is 5.22. The number of aryl methyl sites for hydroxylation is 2. The summed E-state index contributed by atoms with van der Waals surface area (Å²) >= 11 is 1.32. The standard InChI is InChI=1S/C21H22N2O4S/c1-13-5-7-15(8-6-13)27-12-19-22-14(2)20(28-19)21(24)23-17-10-9-16(25-3)11-18(17)26-4/h5-11H,12H2,1-4H3,(H,23,24). The molecule has 0 saturated heterocycles. The molecule has 1 N–H and O–H groups in total. The monoisotopic (exact) mass is 398 g/mol. The molecule has 1 aromatic heterocycles. The molecule has 0 fully saturated rings. The molecule has 0 atom stereocenters. The van der Waals surface area contributed by atoms with Gasteiger partial charge >= 0.3 is 0 Å². The first-order valence-corrected chi connectivity index (χ1v) is 9.51. The van der Waals surface area contributed by atoms with Crippen molar-refractivity contribution in [3.05, 3.63) is 63.6 Å². The quantitative estimate of drug-likeness (QED) is 0.629. The van der Waals surface area contributed by atoms with E-state index in [1.807, 2.05) is 38.1 Å². The zero-order valence-electron chi connectivity index (χ0n) is 16.2. The van der Waals surface area contributed by atoms with E-state index in [0.717, 1.165) is 10.8 Å². The molecule has 6 nitrogen and oxygen atoms in total. The Balaban J connectivity index is 1.70. The minimum Gasteiger partial charge on any atom is -0.497 e. The van der Waals surface area contributed by atoms with Gasteiger partial charge < -0.3 is 19.5 Å². The minimum absolute atomic E-state index is 0.236. The number of methoxy groups -OCH3 is 2. The lowest BCUT2D eigenvalue weighted by Crippen LogP contribution is -2.12. The molecule has 0 bridgehead atoms. The summed E-state index contributed by atoms with van der Waals surface area (Å²) in [5.41, 5.74) is 2.40. The summed E-state index contributed by atoms with van der Waals surface area (Å²) in [7, 11) is 3.12. The smallest absolute Gasteiger partial charge is 0.267 e. The summed E-state index contributed by atoms with van der Waals surface area (Å²) in [5, 5.41) is 3.61. The number of nitrogens with zero attached hydrogens (tertiary/aromatic N) is 1. The van der Waals surface area contributed by atoms with Gasteiger partial charge in [0.25, 0.3) is 5.91 Å². The Morgan fingerprint density at radius 2 is 1.75 bits per heavy atom. The van der Waals surface area contributed by atoms with E-state index in [1.54, 1.807) is 32.4 Å². The maximum atomic E-state index is 12.7. The van der Waals surface area contributed by atoms with Gasteiger partial charge in [-0.3, -0.25) is 4.79 Å². The second-order valence-corrected chi connectivity index (χ2v) is 7.23. The summed E-state index contributed by atoms with van der Waals surface area (Å²) in [5.74, 6) is 1.71. The number of thiazole rings is 1. The second kappa shape index (κ2) is 8.75. The van der Waals surface area contributed by atoms with Crippen molar-refractivity contribution in [2.45, 2.75) is 20.5 Å². The van der Waals surface area contributed by atoms with Crippen LogP contribution in [0.5, 0.6) is 17.2 Å². The van der Waals surface area contributed by atoms with E-state index >= 15 is 0 Å². The largest absolute Gasteiger partial charge is 0.497 e. The fourth-order valence-corrected chi connectivity index (χ4v) is 3.46. The summed E-state index contributed by atoms with van der Waals surface area (Å²) < 4.78 is 16.3. The number of ether oxygens (including phenoxy) is 3. The molecule has 0 aliphatic heterocycles. The van der Waals surface area contributed by atoms with Crippen molar-refractivity contribution in [3.8, 4) is 17.2 Å². The Hall–Kier alpha value is -3.06. The van der Waals surface area contributed by atoms with E-state index in [9.17, 15) is 4.79 Å². The number of benzene rings is 2. The molecule has 0 aliphatic carbocycles. The van der Waals surface area contributed by atoms with E-state index in [0.29, 0.717) is 34.4 Å². The summed E-state index contributed by atoms with van der Waals surface area (Å²) in [4.78, 5) is 17.7. The number of rotatable bonds is 7. The summed E-state index contributed by atoms with van der Waals surface area (Å²) in [6.45, 7) is 4.15. The van der Waals surface area contributed by atoms with Crippen molar-refractivity contribution < 1.29 is 19.0 Å². The molecule has 3 aromatic rings. The molecule has 7 heteroatoms. The molecule has 2 aromatic carbocycles. The van der Waals surface area contributed by atoms with Crippen molar-refractivity contribution in [2.75, 3.05) is 19.5 Å². The number of hydrogen-bond acceptors (Lipinski definition) is 6. The highest BCUT2D eigenvalue weighted by atomic mass is 32.1. The van der Waals surface area contributed by atoms with Gasteiger partial charge in [0.15, 0.2) is 0 Å². The molecule has 1 amide bonds. The van der Waals surface area contributed by atoms with E-state index in [1.165, 1.54) is 16.9 Å². The van der Waals surface area contributed by atoms with E-state index in [-0.39, 0.29) is 5.91 Å². The Morgan fingerprint density at radius 1 is 1.04 bits per heavy atom. The number of carbonyl (C=O) groups excluding carboxylic acids is 1. The Morgan fingerprint density at radius 3 is 2.43 bits per heavy atom. The molecule has 0 radical (unpaired) electrons. The van der Waals surface area contributed by atoms with Gasteiger partial charge in [-0.2, -0.15) is 0 Å². The zero-order chi connectivity index (χ0) is 20.1. The number of anilines is 1. The number of carbonyl (C=O) groups is 1. The van der Waals surface area contributed by atoms with Crippen LogP contribution in [0.25, 0.3) is 0 Å². The Labute approximate surface area is 168 Å². The third kappa shape index (κ3) is 4.61. The lowest BCUT2D eigenvalue weighted by molar-refractivity contribution is 0.102. The number of aromatic nitrogens is 1. The first-order valence-electron chi connectivity index (χ1n) is 8.69. The van der Waals surface area contributed by atoms with Gasteiger partial charge in [-0.05, 0) is 38.1 Å². The predicted octanol–water partition coefficient (Wildman–Crippen LogP) is 4.61. The van der Waals surface area contributed by atoms with Crippen molar-refractivity contribution in [1.82, 2.24) is 4.98 Å². The number of hydrogen-bond donors (Lipinski definition) is 1. The highest BCUT2D eigenvalue weighted by Gasteiger charge is 2.17. The molecule has 0 saturated carbocycles. The van der Waals surface area contributed by atoms with E-state index in [2.05, 4.69) is 10.3 Å². The van der Waals surface area contributed by atoms with Crippen molar-refractivity contribution in [3.63, 3.8) is 0 Å². The van der Waals surface area contributed by atoms with Crippen LogP contribution in [0, 0.1) is 13.8 Å². The van der Waals surface area contributed by atoms with Crippen LogP contribution < -0.4 is 19.5 Å². The molecule has 0 unspecified atom stereocenters. The highest BCUT2D eigenvalue weighted by Crippen LogP contribution is 2.30. The van der Waals surface area contributed by atoms with Gasteiger partial charge in [0.05, 0.1) is 25.6 Å². The van der Waals surface area contributed by atoms with Crippen LogP contribution in [0.1, 0.15) is 25.9 Å². The first-order chi connectivity index (χ1) is 13.5. The van der Waals surface area contributed by atoms with Crippen LogP contribution in [0.15, 0.2) is 42.5 Å². The Kier molecular flexibility index (Phi) is 6.16. The molecule has 146 valence electrons. The van der Waals surface area contributed by atoms with Gasteiger partial charge in [-0.1, -0.05) is 17.7 Å². The average molecular weight is 398 g/mol. The normalized spacial score (nSPS) is 10.4. The van der Waals surface area contributed by atoms with Gasteiger partial charge in [-0.25, -0.2) is 4.98 Å². The van der Waals surface area contributed by atoms with Gasteiger partial charge in [0.2, 0.25) is 0 Å². The highest BCUT2D eigenvalue weighted by molar-refractivity contribution is 7.13. The van der Waals surface area contributed by atoms with Crippen LogP contribution in [0.2, 0.25) is 0 Å². The third-order valence-electron chi connectivity index (χ3n) is 4.09. The maximum Gasteiger partial charge on any atom is 0.267 e. The maximum absolute atomic E-state index is 12.7. The van der Waals surface area contributed by atoms with Crippen LogP contribution in [0.3, 0.4) is 0 Å².